The van der Waals surface area contributed by atoms with Gasteiger partial charge in [-0.1, -0.05) is 12.8 Å². The summed E-state index contributed by atoms with van der Waals surface area (Å²) >= 11 is 0. The number of hydrogen-bond donors (Lipinski definition) is 1. The number of aromatic nitrogens is 2. The van der Waals surface area contributed by atoms with Gasteiger partial charge >= 0.3 is 0 Å². The molecule has 0 aromatic carbocycles. The Morgan fingerprint density at radius 2 is 2.46 bits per heavy atom. The maximum absolute atomic E-state index is 4.14. The smallest absolute Gasteiger partial charge is 0.0946 e. The quantitative estimate of drug-likeness (QED) is 0.758. The largest absolute Gasteiger partial charge is 0.336 e. The molecule has 2 rings (SSSR count). The minimum absolute atomic E-state index is 0.486. The highest BCUT2D eigenvalue weighted by Crippen LogP contribution is 2.37. The Labute approximate surface area is 79.2 Å². The number of nitrogens with zero attached hydrogens (tertiary/aromatic N) is 2. The normalized spacial score (nSPS) is 18.9. The molecule has 1 atom stereocenters. The van der Waals surface area contributed by atoms with Crippen molar-refractivity contribution in [1.29, 1.82) is 0 Å². The molecule has 13 heavy (non-hydrogen) atoms. The molecule has 1 aromatic heterocycles. The highest BCUT2D eigenvalue weighted by atomic mass is 15.1. The lowest BCUT2D eigenvalue weighted by Crippen LogP contribution is -2.19. The summed E-state index contributed by atoms with van der Waals surface area (Å²) in [4.78, 5) is 4.14. The first-order chi connectivity index (χ1) is 6.31. The molecule has 0 saturated heterocycles. The molecule has 0 amide bonds. The van der Waals surface area contributed by atoms with E-state index < -0.39 is 0 Å². The fourth-order valence-corrected chi connectivity index (χ4v) is 1.78. The predicted molar refractivity (Wildman–Crippen MR) is 52.3 cm³/mol. The lowest BCUT2D eigenvalue weighted by Gasteiger charge is -2.15. The SMILES string of the molecule is CNC(CC1CC1)c1cncn1C. The van der Waals surface area contributed by atoms with Gasteiger partial charge in [-0.2, -0.15) is 0 Å². The van der Waals surface area contributed by atoms with Crippen molar-refractivity contribution < 1.29 is 0 Å². The van der Waals surface area contributed by atoms with Crippen LogP contribution in [-0.4, -0.2) is 16.6 Å². The van der Waals surface area contributed by atoms with E-state index in [1.54, 1.807) is 0 Å². The van der Waals surface area contributed by atoms with Crippen LogP contribution >= 0.6 is 0 Å². The summed E-state index contributed by atoms with van der Waals surface area (Å²) in [6.45, 7) is 0. The molecule has 3 nitrogen and oxygen atoms in total. The van der Waals surface area contributed by atoms with Crippen molar-refractivity contribution in [2.75, 3.05) is 7.05 Å². The average molecular weight is 179 g/mol. The van der Waals surface area contributed by atoms with Crippen LogP contribution < -0.4 is 5.32 Å². The van der Waals surface area contributed by atoms with Crippen LogP contribution in [0.1, 0.15) is 31.0 Å². The van der Waals surface area contributed by atoms with Crippen LogP contribution in [0.25, 0.3) is 0 Å². The molecule has 1 fully saturated rings. The Hall–Kier alpha value is -0.830. The van der Waals surface area contributed by atoms with Crippen LogP contribution in [-0.2, 0) is 7.05 Å². The first-order valence-electron chi connectivity index (χ1n) is 4.94. The molecule has 1 aromatic rings. The van der Waals surface area contributed by atoms with Gasteiger partial charge in [-0.3, -0.25) is 0 Å². The Morgan fingerprint density at radius 3 is 2.92 bits per heavy atom. The van der Waals surface area contributed by atoms with Gasteiger partial charge in [0, 0.05) is 19.3 Å². The molecule has 1 N–H and O–H groups in total. The first-order valence-corrected chi connectivity index (χ1v) is 4.94. The Bertz CT molecular complexity index is 275. The predicted octanol–water partition coefficient (Wildman–Crippen LogP) is 1.48. The second-order valence-corrected chi connectivity index (χ2v) is 3.95. The van der Waals surface area contributed by atoms with E-state index in [2.05, 4.69) is 21.9 Å². The monoisotopic (exact) mass is 179 g/mol. The molecule has 0 aliphatic heterocycles. The molecule has 1 aliphatic carbocycles. The van der Waals surface area contributed by atoms with Crippen LogP contribution in [0.3, 0.4) is 0 Å². The van der Waals surface area contributed by atoms with E-state index in [1.807, 2.05) is 19.6 Å². The lowest BCUT2D eigenvalue weighted by atomic mass is 10.1. The fourth-order valence-electron chi connectivity index (χ4n) is 1.78. The van der Waals surface area contributed by atoms with Gasteiger partial charge in [-0.25, -0.2) is 4.98 Å². The van der Waals surface area contributed by atoms with Crippen LogP contribution in [0, 0.1) is 5.92 Å². The topological polar surface area (TPSA) is 29.9 Å². The highest BCUT2D eigenvalue weighted by molar-refractivity contribution is 5.05. The van der Waals surface area contributed by atoms with Gasteiger partial charge in [0.25, 0.3) is 0 Å². The zero-order chi connectivity index (χ0) is 9.26. The number of rotatable bonds is 4. The summed E-state index contributed by atoms with van der Waals surface area (Å²) in [6, 6.07) is 0.486. The maximum Gasteiger partial charge on any atom is 0.0946 e. The van der Waals surface area contributed by atoms with Gasteiger partial charge in [-0.05, 0) is 19.4 Å². The molecule has 3 heteroatoms. The lowest BCUT2D eigenvalue weighted by molar-refractivity contribution is 0.490. The maximum atomic E-state index is 4.14. The minimum atomic E-state index is 0.486. The molecule has 0 radical (unpaired) electrons. The van der Waals surface area contributed by atoms with Crippen molar-refractivity contribution in [3.05, 3.63) is 18.2 Å². The Balaban J connectivity index is 2.06. The summed E-state index contributed by atoms with van der Waals surface area (Å²) < 4.78 is 2.10. The fraction of sp³-hybridized carbons (Fsp3) is 0.700. The van der Waals surface area contributed by atoms with Crippen LogP contribution in [0.2, 0.25) is 0 Å². The Kier molecular flexibility index (Phi) is 2.36. The Morgan fingerprint density at radius 1 is 1.69 bits per heavy atom. The van der Waals surface area contributed by atoms with Gasteiger partial charge < -0.3 is 9.88 Å². The average Bonchev–Trinajstić information content (AvgIpc) is 2.85. The van der Waals surface area contributed by atoms with Crippen molar-refractivity contribution in [3.63, 3.8) is 0 Å². The molecule has 0 bridgehead atoms. The molecular weight excluding hydrogens is 162 g/mol. The van der Waals surface area contributed by atoms with E-state index in [0.717, 1.165) is 5.92 Å². The first kappa shape index (κ1) is 8.75. The molecule has 1 saturated carbocycles. The van der Waals surface area contributed by atoms with Crippen LogP contribution in [0.4, 0.5) is 0 Å². The molecule has 1 heterocycles. The van der Waals surface area contributed by atoms with Gasteiger partial charge in [-0.15, -0.1) is 0 Å². The summed E-state index contributed by atoms with van der Waals surface area (Å²) in [5.74, 6) is 0.951. The molecule has 0 spiro atoms. The third kappa shape index (κ3) is 1.91. The zero-order valence-electron chi connectivity index (χ0n) is 8.33. The van der Waals surface area contributed by atoms with Crippen molar-refractivity contribution in [2.45, 2.75) is 25.3 Å². The molecule has 1 aliphatic rings. The van der Waals surface area contributed by atoms with Gasteiger partial charge in [0.15, 0.2) is 0 Å². The van der Waals surface area contributed by atoms with E-state index in [0.29, 0.717) is 6.04 Å². The van der Waals surface area contributed by atoms with Crippen molar-refractivity contribution in [3.8, 4) is 0 Å². The standard InChI is InChI=1S/C10H17N3/c1-11-9(5-8-3-4-8)10-6-12-7-13(10)2/h6-9,11H,3-5H2,1-2H3. The molecular formula is C10H17N3. The van der Waals surface area contributed by atoms with Crippen molar-refractivity contribution >= 4 is 0 Å². The van der Waals surface area contributed by atoms with Crippen molar-refractivity contribution in [1.82, 2.24) is 14.9 Å². The highest BCUT2D eigenvalue weighted by Gasteiger charge is 2.26. The van der Waals surface area contributed by atoms with E-state index in [9.17, 15) is 0 Å². The number of nitrogens with one attached hydrogen (secondary N) is 1. The van der Waals surface area contributed by atoms with Gasteiger partial charge in [0.2, 0.25) is 0 Å². The zero-order valence-corrected chi connectivity index (χ0v) is 8.33. The molecule has 1 unspecified atom stereocenters. The van der Waals surface area contributed by atoms with Gasteiger partial charge in [0.05, 0.1) is 12.0 Å². The van der Waals surface area contributed by atoms with Gasteiger partial charge in [0.1, 0.15) is 0 Å². The summed E-state index contributed by atoms with van der Waals surface area (Å²) in [7, 11) is 4.08. The second-order valence-electron chi connectivity index (χ2n) is 3.95. The number of imidazole rings is 1. The van der Waals surface area contributed by atoms with E-state index in [4.69, 9.17) is 0 Å². The van der Waals surface area contributed by atoms with E-state index in [1.165, 1.54) is 25.0 Å². The van der Waals surface area contributed by atoms with E-state index in [-0.39, 0.29) is 0 Å². The van der Waals surface area contributed by atoms with Crippen LogP contribution in [0.5, 0.6) is 0 Å². The summed E-state index contributed by atoms with van der Waals surface area (Å²) in [6.07, 6.45) is 7.91. The van der Waals surface area contributed by atoms with E-state index >= 15 is 0 Å². The number of aryl methyl sites for hydroxylation is 1. The van der Waals surface area contributed by atoms with Crippen LogP contribution in [0.15, 0.2) is 12.5 Å². The third-order valence-corrected chi connectivity index (χ3v) is 2.83. The van der Waals surface area contributed by atoms with Crippen molar-refractivity contribution in [2.24, 2.45) is 13.0 Å². The molecule has 72 valence electrons. The summed E-state index contributed by atoms with van der Waals surface area (Å²) in [5.41, 5.74) is 1.30. The summed E-state index contributed by atoms with van der Waals surface area (Å²) in [5, 5.41) is 3.36. The second kappa shape index (κ2) is 3.50. The minimum Gasteiger partial charge on any atom is -0.336 e. The number of hydrogen-bond acceptors (Lipinski definition) is 2. The third-order valence-electron chi connectivity index (χ3n) is 2.83.